The third-order valence-corrected chi connectivity index (χ3v) is 4.68. The van der Waals surface area contributed by atoms with Gasteiger partial charge in [-0.15, -0.1) is 0 Å². The van der Waals surface area contributed by atoms with Crippen molar-refractivity contribution in [3.63, 3.8) is 0 Å². The zero-order chi connectivity index (χ0) is 15.3. The fraction of sp³-hybridized carbons (Fsp3) is 0.588. The molecule has 0 radical (unpaired) electrons. The number of nitrogens with zero attached hydrogens (tertiary/aromatic N) is 1. The third kappa shape index (κ3) is 4.29. The van der Waals surface area contributed by atoms with Crippen LogP contribution in [0.3, 0.4) is 0 Å². The second-order valence-electron chi connectivity index (χ2n) is 6.17. The number of carbonyl (C=O) groups is 1. The number of piperidine rings is 1. The van der Waals surface area contributed by atoms with Crippen LogP contribution in [0.5, 0.6) is 0 Å². The summed E-state index contributed by atoms with van der Waals surface area (Å²) in [6.45, 7) is 7.02. The summed E-state index contributed by atoms with van der Waals surface area (Å²) in [7, 11) is 0. The van der Waals surface area contributed by atoms with E-state index in [9.17, 15) is 9.90 Å². The molecule has 21 heavy (non-hydrogen) atoms. The van der Waals surface area contributed by atoms with E-state index in [2.05, 4.69) is 29.3 Å². The molecule has 0 bridgehead atoms. The largest absolute Gasteiger partial charge is 0.396 e. The lowest BCUT2D eigenvalue weighted by atomic mass is 9.77. The Hall–Kier alpha value is -1.39. The van der Waals surface area contributed by atoms with Crippen LogP contribution < -0.4 is 5.32 Å². The smallest absolute Gasteiger partial charge is 0.221 e. The molecule has 2 rings (SSSR count). The topological polar surface area (TPSA) is 52.6 Å². The van der Waals surface area contributed by atoms with E-state index in [1.165, 1.54) is 12.5 Å². The Labute approximate surface area is 127 Å². The maximum atomic E-state index is 11.0. The van der Waals surface area contributed by atoms with Crippen molar-refractivity contribution < 1.29 is 9.90 Å². The van der Waals surface area contributed by atoms with Crippen LogP contribution in [0, 0.1) is 5.41 Å². The predicted octanol–water partition coefficient (Wildman–Crippen LogP) is 2.63. The number of likely N-dealkylation sites (tertiary alicyclic amines) is 1. The minimum atomic E-state index is -0.0429. The monoisotopic (exact) mass is 290 g/mol. The van der Waals surface area contributed by atoms with E-state index in [0.29, 0.717) is 6.61 Å². The zero-order valence-electron chi connectivity index (χ0n) is 13.1. The molecule has 0 spiro atoms. The van der Waals surface area contributed by atoms with E-state index in [1.54, 1.807) is 0 Å². The zero-order valence-corrected chi connectivity index (χ0v) is 13.1. The Kier molecular flexibility index (Phi) is 5.37. The average Bonchev–Trinajstić information content (AvgIpc) is 2.50. The van der Waals surface area contributed by atoms with Crippen LogP contribution in [0.1, 0.15) is 38.7 Å². The number of aliphatic hydroxyl groups is 1. The molecule has 0 aromatic heterocycles. The highest BCUT2D eigenvalue weighted by molar-refractivity contribution is 5.88. The number of rotatable bonds is 5. The fourth-order valence-electron chi connectivity index (χ4n) is 2.96. The van der Waals surface area contributed by atoms with Crippen molar-refractivity contribution >= 4 is 11.6 Å². The highest BCUT2D eigenvalue weighted by atomic mass is 16.3. The van der Waals surface area contributed by atoms with E-state index >= 15 is 0 Å². The maximum Gasteiger partial charge on any atom is 0.221 e. The van der Waals surface area contributed by atoms with Gasteiger partial charge in [0.05, 0.1) is 0 Å². The summed E-state index contributed by atoms with van der Waals surface area (Å²) in [6, 6.07) is 8.04. The third-order valence-electron chi connectivity index (χ3n) is 4.68. The van der Waals surface area contributed by atoms with E-state index in [-0.39, 0.29) is 11.3 Å². The van der Waals surface area contributed by atoms with Gasteiger partial charge in [0.2, 0.25) is 5.91 Å². The number of nitrogens with one attached hydrogen (secondary N) is 1. The number of aliphatic hydroxyl groups excluding tert-OH is 1. The molecule has 0 saturated carbocycles. The number of benzene rings is 1. The van der Waals surface area contributed by atoms with Crippen molar-refractivity contribution in [2.45, 2.75) is 39.7 Å². The molecule has 1 saturated heterocycles. The minimum absolute atomic E-state index is 0.0429. The van der Waals surface area contributed by atoms with E-state index in [0.717, 1.165) is 44.6 Å². The van der Waals surface area contributed by atoms with E-state index < -0.39 is 0 Å². The molecule has 0 aliphatic carbocycles. The minimum Gasteiger partial charge on any atom is -0.396 e. The first-order valence-corrected chi connectivity index (χ1v) is 7.77. The van der Waals surface area contributed by atoms with Gasteiger partial charge in [-0.3, -0.25) is 9.69 Å². The molecule has 0 unspecified atom stereocenters. The van der Waals surface area contributed by atoms with Gasteiger partial charge in [-0.05, 0) is 55.5 Å². The van der Waals surface area contributed by atoms with Gasteiger partial charge in [0.15, 0.2) is 0 Å². The number of hydrogen-bond donors (Lipinski definition) is 2. The van der Waals surface area contributed by atoms with E-state index in [1.807, 2.05) is 12.1 Å². The normalized spacial score (nSPS) is 18.4. The standard InChI is InChI=1S/C17H26N2O2/c1-3-17(13-20)8-10-19(11-9-17)12-15-4-6-16(7-5-15)18-14(2)21/h4-7,20H,3,8-13H2,1-2H3,(H,18,21). The van der Waals surface area contributed by atoms with Gasteiger partial charge in [0, 0.05) is 25.8 Å². The van der Waals surface area contributed by atoms with Crippen molar-refractivity contribution in [1.82, 2.24) is 4.90 Å². The number of hydrogen-bond acceptors (Lipinski definition) is 3. The number of anilines is 1. The van der Waals surface area contributed by atoms with Gasteiger partial charge >= 0.3 is 0 Å². The Balaban J connectivity index is 1.87. The second kappa shape index (κ2) is 7.05. The van der Waals surface area contributed by atoms with Crippen LogP contribution in [0.4, 0.5) is 5.69 Å². The number of amides is 1. The summed E-state index contributed by atoms with van der Waals surface area (Å²) >= 11 is 0. The van der Waals surface area contributed by atoms with Crippen molar-refractivity contribution in [3.05, 3.63) is 29.8 Å². The van der Waals surface area contributed by atoms with Crippen molar-refractivity contribution in [1.29, 1.82) is 0 Å². The Morgan fingerprint density at radius 3 is 2.38 bits per heavy atom. The average molecular weight is 290 g/mol. The molecule has 4 heteroatoms. The second-order valence-corrected chi connectivity index (χ2v) is 6.17. The molecule has 0 atom stereocenters. The molecule has 1 amide bonds. The van der Waals surface area contributed by atoms with E-state index in [4.69, 9.17) is 0 Å². The molecule has 1 heterocycles. The molecule has 4 nitrogen and oxygen atoms in total. The van der Waals surface area contributed by atoms with Crippen molar-refractivity contribution in [2.24, 2.45) is 5.41 Å². The van der Waals surface area contributed by atoms with Crippen LogP contribution in [0.15, 0.2) is 24.3 Å². The molecule has 116 valence electrons. The van der Waals surface area contributed by atoms with Gasteiger partial charge in [-0.2, -0.15) is 0 Å². The lowest BCUT2D eigenvalue weighted by Crippen LogP contribution is -2.41. The highest BCUT2D eigenvalue weighted by Crippen LogP contribution is 2.34. The van der Waals surface area contributed by atoms with Crippen LogP contribution in [0.25, 0.3) is 0 Å². The number of carbonyl (C=O) groups excluding carboxylic acids is 1. The molecule has 1 aromatic carbocycles. The van der Waals surface area contributed by atoms with Gasteiger partial charge in [0.25, 0.3) is 0 Å². The first-order valence-electron chi connectivity index (χ1n) is 7.77. The summed E-state index contributed by atoms with van der Waals surface area (Å²) in [4.78, 5) is 13.4. The Morgan fingerprint density at radius 2 is 1.90 bits per heavy atom. The van der Waals surface area contributed by atoms with Gasteiger partial charge in [-0.25, -0.2) is 0 Å². The molecule has 1 aliphatic rings. The predicted molar refractivity (Wildman–Crippen MR) is 85.1 cm³/mol. The quantitative estimate of drug-likeness (QED) is 0.876. The first kappa shape index (κ1) is 16.0. The lowest BCUT2D eigenvalue weighted by molar-refractivity contribution is -0.114. The molecule has 1 fully saturated rings. The Morgan fingerprint density at radius 1 is 1.29 bits per heavy atom. The SMILES string of the molecule is CCC1(CO)CCN(Cc2ccc(NC(C)=O)cc2)CC1. The maximum absolute atomic E-state index is 11.0. The fourth-order valence-corrected chi connectivity index (χ4v) is 2.96. The van der Waals surface area contributed by atoms with Crippen molar-refractivity contribution in [2.75, 3.05) is 25.0 Å². The van der Waals surface area contributed by atoms with Gasteiger partial charge < -0.3 is 10.4 Å². The molecule has 1 aromatic rings. The molecular weight excluding hydrogens is 264 g/mol. The van der Waals surface area contributed by atoms with Crippen LogP contribution in [-0.4, -0.2) is 35.6 Å². The molecular formula is C17H26N2O2. The highest BCUT2D eigenvalue weighted by Gasteiger charge is 2.32. The van der Waals surface area contributed by atoms with Crippen LogP contribution in [-0.2, 0) is 11.3 Å². The van der Waals surface area contributed by atoms with Crippen LogP contribution >= 0.6 is 0 Å². The molecule has 2 N–H and O–H groups in total. The lowest BCUT2D eigenvalue weighted by Gasteiger charge is -2.40. The summed E-state index contributed by atoms with van der Waals surface area (Å²) in [5.74, 6) is -0.0429. The summed E-state index contributed by atoms with van der Waals surface area (Å²) in [6.07, 6.45) is 3.21. The summed E-state index contributed by atoms with van der Waals surface area (Å²) in [5.41, 5.74) is 2.25. The molecule has 1 aliphatic heterocycles. The Bertz CT molecular complexity index is 456. The van der Waals surface area contributed by atoms with Gasteiger partial charge in [-0.1, -0.05) is 19.1 Å². The summed E-state index contributed by atoms with van der Waals surface area (Å²) < 4.78 is 0. The first-order chi connectivity index (χ1) is 10.1. The summed E-state index contributed by atoms with van der Waals surface area (Å²) in [5, 5.41) is 12.3. The van der Waals surface area contributed by atoms with Crippen LogP contribution in [0.2, 0.25) is 0 Å². The van der Waals surface area contributed by atoms with Crippen molar-refractivity contribution in [3.8, 4) is 0 Å². The van der Waals surface area contributed by atoms with Gasteiger partial charge in [0.1, 0.15) is 0 Å².